The Hall–Kier alpha value is -0.670. The molecule has 0 unspecified atom stereocenters. The lowest BCUT2D eigenvalue weighted by Crippen LogP contribution is -1.83. The number of thiazole rings is 1. The molecular weight excluding hydrogens is 234 g/mol. The average Bonchev–Trinajstić information content (AvgIpc) is 2.93. The van der Waals surface area contributed by atoms with Crippen molar-refractivity contribution in [2.24, 2.45) is 0 Å². The molecule has 0 aliphatic carbocycles. The Morgan fingerprint density at radius 3 is 2.00 bits per heavy atom. The summed E-state index contributed by atoms with van der Waals surface area (Å²) in [6.45, 7) is 8.72. The van der Waals surface area contributed by atoms with Gasteiger partial charge in [0.05, 0.1) is 11.2 Å². The Morgan fingerprint density at radius 1 is 1.00 bits per heavy atom. The van der Waals surface area contributed by atoms with Crippen molar-refractivity contribution in [2.75, 3.05) is 0 Å². The van der Waals surface area contributed by atoms with Crippen LogP contribution in [0.1, 0.15) is 50.8 Å². The highest BCUT2D eigenvalue weighted by Crippen LogP contribution is 2.16. The number of aromatic nitrogens is 1. The van der Waals surface area contributed by atoms with Gasteiger partial charge in [-0.05, 0) is 34.2 Å². The van der Waals surface area contributed by atoms with Crippen LogP contribution in [0.2, 0.25) is 0 Å². The molecule has 0 aromatic carbocycles. The van der Waals surface area contributed by atoms with Gasteiger partial charge in [-0.2, -0.15) is 11.3 Å². The number of hydrogen-bond acceptors (Lipinski definition) is 3. The van der Waals surface area contributed by atoms with Gasteiger partial charge in [0.1, 0.15) is 0 Å². The van der Waals surface area contributed by atoms with Crippen molar-refractivity contribution in [2.45, 2.75) is 39.5 Å². The molecule has 0 aliphatic rings. The Kier molecular flexibility index (Phi) is 5.71. The fourth-order valence-corrected chi connectivity index (χ4v) is 2.65. The van der Waals surface area contributed by atoms with E-state index in [1.165, 1.54) is 11.3 Å². The van der Waals surface area contributed by atoms with Gasteiger partial charge in [0, 0.05) is 5.38 Å². The molecule has 2 aromatic heterocycles. The predicted octanol–water partition coefficient (Wildman–Crippen LogP) is 5.14. The molecule has 16 heavy (non-hydrogen) atoms. The number of hydrogen-bond donors (Lipinski definition) is 0. The molecule has 2 rings (SSSR count). The molecule has 0 bridgehead atoms. The molecule has 2 heterocycles. The van der Waals surface area contributed by atoms with Crippen molar-refractivity contribution >= 4 is 22.7 Å². The molecule has 0 saturated heterocycles. The van der Waals surface area contributed by atoms with Gasteiger partial charge in [-0.15, -0.1) is 11.3 Å². The first-order valence-corrected chi connectivity index (χ1v) is 7.40. The van der Waals surface area contributed by atoms with E-state index in [0.717, 1.165) is 0 Å². The van der Waals surface area contributed by atoms with Crippen LogP contribution in [0.4, 0.5) is 0 Å². The molecule has 88 valence electrons. The van der Waals surface area contributed by atoms with E-state index in [4.69, 9.17) is 0 Å². The first-order chi connectivity index (χ1) is 7.61. The lowest BCUT2D eigenvalue weighted by atomic mass is 10.1. The minimum absolute atomic E-state index is 0.584. The highest BCUT2D eigenvalue weighted by molar-refractivity contribution is 7.08. The van der Waals surface area contributed by atoms with Gasteiger partial charge in [-0.25, -0.2) is 4.98 Å². The molecule has 0 fully saturated rings. The molecule has 3 heteroatoms. The molecule has 0 aliphatic heterocycles. The van der Waals surface area contributed by atoms with Gasteiger partial charge >= 0.3 is 0 Å². The van der Waals surface area contributed by atoms with Crippen LogP contribution in [0.15, 0.2) is 27.7 Å². The Labute approximate surface area is 106 Å². The normalized spacial score (nSPS) is 10.4. The third-order valence-corrected chi connectivity index (χ3v) is 3.56. The zero-order chi connectivity index (χ0) is 12.0. The van der Waals surface area contributed by atoms with Gasteiger partial charge in [-0.1, -0.05) is 27.7 Å². The zero-order valence-electron chi connectivity index (χ0n) is 10.3. The SMILES string of the molecule is CC(C)c1ccsc1.CC(C)c1cscn1. The van der Waals surface area contributed by atoms with Crippen LogP contribution in [-0.4, -0.2) is 4.98 Å². The maximum Gasteiger partial charge on any atom is 0.0794 e. The van der Waals surface area contributed by atoms with E-state index >= 15 is 0 Å². The maximum absolute atomic E-state index is 4.13. The summed E-state index contributed by atoms with van der Waals surface area (Å²) in [5.41, 5.74) is 4.53. The van der Waals surface area contributed by atoms with Crippen LogP contribution in [0.25, 0.3) is 0 Å². The summed E-state index contributed by atoms with van der Waals surface area (Å²) in [5.74, 6) is 1.28. The van der Waals surface area contributed by atoms with E-state index < -0.39 is 0 Å². The van der Waals surface area contributed by atoms with E-state index in [1.807, 2.05) is 5.51 Å². The predicted molar refractivity (Wildman–Crippen MR) is 74.6 cm³/mol. The van der Waals surface area contributed by atoms with Gasteiger partial charge in [0.25, 0.3) is 0 Å². The molecule has 0 amide bonds. The molecule has 0 N–H and O–H groups in total. The lowest BCUT2D eigenvalue weighted by molar-refractivity contribution is 0.833. The summed E-state index contributed by atoms with van der Waals surface area (Å²) in [6.07, 6.45) is 0. The second-order valence-corrected chi connectivity index (χ2v) is 5.78. The van der Waals surface area contributed by atoms with E-state index in [2.05, 4.69) is 54.9 Å². The fraction of sp³-hybridized carbons (Fsp3) is 0.462. The minimum Gasteiger partial charge on any atom is -0.249 e. The van der Waals surface area contributed by atoms with Gasteiger partial charge in [-0.3, -0.25) is 0 Å². The smallest absolute Gasteiger partial charge is 0.0794 e. The highest BCUT2D eigenvalue weighted by atomic mass is 32.1. The van der Waals surface area contributed by atoms with E-state index in [1.54, 1.807) is 22.7 Å². The lowest BCUT2D eigenvalue weighted by Gasteiger charge is -1.96. The summed E-state index contributed by atoms with van der Waals surface area (Å²) in [7, 11) is 0. The van der Waals surface area contributed by atoms with Crippen LogP contribution >= 0.6 is 22.7 Å². The monoisotopic (exact) mass is 253 g/mol. The van der Waals surface area contributed by atoms with Crippen LogP contribution in [-0.2, 0) is 0 Å². The first-order valence-electron chi connectivity index (χ1n) is 5.51. The van der Waals surface area contributed by atoms with Crippen molar-refractivity contribution in [3.8, 4) is 0 Å². The molecule has 0 atom stereocenters. The van der Waals surface area contributed by atoms with Crippen LogP contribution in [0.5, 0.6) is 0 Å². The molecular formula is C13H19NS2. The third-order valence-electron chi connectivity index (χ3n) is 2.25. The van der Waals surface area contributed by atoms with E-state index in [-0.39, 0.29) is 0 Å². The fourth-order valence-electron chi connectivity index (χ4n) is 1.11. The van der Waals surface area contributed by atoms with E-state index in [0.29, 0.717) is 11.8 Å². The summed E-state index contributed by atoms with van der Waals surface area (Å²) < 4.78 is 0. The molecule has 0 spiro atoms. The van der Waals surface area contributed by atoms with Crippen molar-refractivity contribution in [1.29, 1.82) is 0 Å². The standard InChI is InChI=1S/C7H10S.C6H9NS/c1-6(2)7-3-4-8-5-7;1-5(2)6-3-8-4-7-6/h3-6H,1-2H3;3-5H,1-2H3. The molecule has 0 radical (unpaired) electrons. The van der Waals surface area contributed by atoms with Crippen molar-refractivity contribution in [3.05, 3.63) is 39.0 Å². The summed E-state index contributed by atoms with van der Waals surface area (Å²) in [4.78, 5) is 4.13. The largest absolute Gasteiger partial charge is 0.249 e. The number of rotatable bonds is 2. The summed E-state index contributed by atoms with van der Waals surface area (Å²) >= 11 is 3.42. The quantitative estimate of drug-likeness (QED) is 0.722. The third kappa shape index (κ3) is 4.45. The van der Waals surface area contributed by atoms with Crippen LogP contribution in [0, 0.1) is 0 Å². The molecule has 1 nitrogen and oxygen atoms in total. The van der Waals surface area contributed by atoms with Crippen LogP contribution in [0.3, 0.4) is 0 Å². The number of thiophene rings is 1. The Morgan fingerprint density at radius 2 is 1.75 bits per heavy atom. The second-order valence-electron chi connectivity index (χ2n) is 4.28. The van der Waals surface area contributed by atoms with E-state index in [9.17, 15) is 0 Å². The highest BCUT2D eigenvalue weighted by Gasteiger charge is 1.97. The Balaban J connectivity index is 0.000000160. The molecule has 0 saturated carbocycles. The van der Waals surface area contributed by atoms with Gasteiger partial charge in [0.15, 0.2) is 0 Å². The summed E-state index contributed by atoms with van der Waals surface area (Å²) in [5, 5.41) is 6.41. The maximum atomic E-state index is 4.13. The number of nitrogens with zero attached hydrogens (tertiary/aromatic N) is 1. The van der Waals surface area contributed by atoms with Gasteiger partial charge in [0.2, 0.25) is 0 Å². The van der Waals surface area contributed by atoms with Crippen molar-refractivity contribution in [3.63, 3.8) is 0 Å². The van der Waals surface area contributed by atoms with Crippen molar-refractivity contribution in [1.82, 2.24) is 4.98 Å². The first kappa shape index (κ1) is 13.4. The summed E-state index contributed by atoms with van der Waals surface area (Å²) in [6, 6.07) is 2.18. The minimum atomic E-state index is 0.584. The second kappa shape index (κ2) is 6.81. The van der Waals surface area contributed by atoms with Gasteiger partial charge < -0.3 is 0 Å². The van der Waals surface area contributed by atoms with Crippen LogP contribution < -0.4 is 0 Å². The topological polar surface area (TPSA) is 12.9 Å². The zero-order valence-corrected chi connectivity index (χ0v) is 11.9. The average molecular weight is 253 g/mol. The Bertz CT molecular complexity index is 322. The van der Waals surface area contributed by atoms with Crippen molar-refractivity contribution < 1.29 is 0 Å². The molecule has 2 aromatic rings.